The molecule has 0 bridgehead atoms. The van der Waals surface area contributed by atoms with Gasteiger partial charge in [0.15, 0.2) is 24.8 Å². The average molecular weight is 363 g/mol. The standard InChI is InChI=1S/C18H12ClN7/c1-26-6-4-13(25-26)17-16(23-14(9-20)18(21)24-17)11-7-10-3-2-5-22-15(10)12(19)8-11/h2-8H,1H3,(H2,21,24)/p+1. The Hall–Kier alpha value is -3.50. The second-order valence-electron chi connectivity index (χ2n) is 5.75. The zero-order valence-corrected chi connectivity index (χ0v) is 14.5. The van der Waals surface area contributed by atoms with Crippen molar-refractivity contribution in [2.75, 3.05) is 5.73 Å². The second kappa shape index (κ2) is 6.10. The number of benzene rings is 1. The molecule has 126 valence electrons. The smallest absolute Gasteiger partial charge is 0.195 e. The summed E-state index contributed by atoms with van der Waals surface area (Å²) in [5.74, 6) is 0.0806. The van der Waals surface area contributed by atoms with Gasteiger partial charge in [-0.3, -0.25) is 4.98 Å². The molecule has 0 aliphatic rings. The lowest BCUT2D eigenvalue weighted by molar-refractivity contribution is -0.726. The maximum atomic E-state index is 9.30. The lowest BCUT2D eigenvalue weighted by atomic mass is 10.0. The van der Waals surface area contributed by atoms with Gasteiger partial charge in [-0.25, -0.2) is 9.97 Å². The summed E-state index contributed by atoms with van der Waals surface area (Å²) in [4.78, 5) is 13.1. The first-order chi connectivity index (χ1) is 12.6. The largest absolute Gasteiger partial charge is 0.381 e. The van der Waals surface area contributed by atoms with E-state index >= 15 is 0 Å². The molecule has 0 saturated carbocycles. The Bertz CT molecular complexity index is 1190. The average Bonchev–Trinajstić information content (AvgIpc) is 3.07. The Morgan fingerprint density at radius 1 is 1.23 bits per heavy atom. The normalized spacial score (nSPS) is 10.8. The quantitative estimate of drug-likeness (QED) is 0.533. The van der Waals surface area contributed by atoms with E-state index in [0.717, 1.165) is 16.6 Å². The monoisotopic (exact) mass is 362 g/mol. The van der Waals surface area contributed by atoms with Crippen molar-refractivity contribution in [2.45, 2.75) is 0 Å². The molecule has 26 heavy (non-hydrogen) atoms. The predicted molar refractivity (Wildman–Crippen MR) is 97.9 cm³/mol. The van der Waals surface area contributed by atoms with Gasteiger partial charge in [-0.05, 0) is 18.2 Å². The Kier molecular flexibility index (Phi) is 3.75. The third-order valence-electron chi connectivity index (χ3n) is 3.98. The highest BCUT2D eigenvalue weighted by molar-refractivity contribution is 6.35. The zero-order valence-electron chi connectivity index (χ0n) is 13.7. The van der Waals surface area contributed by atoms with E-state index in [1.807, 2.05) is 43.6 Å². The first kappa shape index (κ1) is 16.0. The van der Waals surface area contributed by atoms with E-state index < -0.39 is 0 Å². The molecule has 0 unspecified atom stereocenters. The van der Waals surface area contributed by atoms with Gasteiger partial charge in [-0.1, -0.05) is 17.7 Å². The second-order valence-corrected chi connectivity index (χ2v) is 6.16. The molecule has 4 aromatic rings. The Labute approximate surface area is 153 Å². The molecule has 0 aliphatic heterocycles. The van der Waals surface area contributed by atoms with Gasteiger partial charge >= 0.3 is 0 Å². The van der Waals surface area contributed by atoms with Crippen LogP contribution in [0.3, 0.4) is 0 Å². The lowest BCUT2D eigenvalue weighted by Gasteiger charge is -2.10. The van der Waals surface area contributed by atoms with E-state index in [9.17, 15) is 5.26 Å². The molecule has 4 rings (SSSR count). The van der Waals surface area contributed by atoms with E-state index in [4.69, 9.17) is 17.3 Å². The molecular formula is C18H13ClN7+. The zero-order chi connectivity index (χ0) is 18.3. The van der Waals surface area contributed by atoms with Crippen molar-refractivity contribution in [1.82, 2.24) is 20.1 Å². The van der Waals surface area contributed by atoms with E-state index in [1.54, 1.807) is 16.9 Å². The molecule has 0 saturated heterocycles. The Morgan fingerprint density at radius 2 is 2.08 bits per heavy atom. The highest BCUT2D eigenvalue weighted by Gasteiger charge is 2.19. The molecule has 7 nitrogen and oxygen atoms in total. The first-order valence-corrected chi connectivity index (χ1v) is 8.12. The minimum atomic E-state index is 0.0714. The summed E-state index contributed by atoms with van der Waals surface area (Å²) in [6, 6.07) is 11.3. The summed E-state index contributed by atoms with van der Waals surface area (Å²) in [6.45, 7) is 0. The number of nitrogens with one attached hydrogen (secondary N) is 1. The van der Waals surface area contributed by atoms with Crippen molar-refractivity contribution < 1.29 is 4.68 Å². The maximum absolute atomic E-state index is 9.30. The summed E-state index contributed by atoms with van der Waals surface area (Å²) in [5.41, 5.74) is 9.19. The number of aromatic amines is 1. The number of hydrogen-bond donors (Lipinski definition) is 2. The number of fused-ring (bicyclic) bond motifs is 1. The number of halogens is 1. The van der Waals surface area contributed by atoms with Gasteiger partial charge in [0.2, 0.25) is 0 Å². The van der Waals surface area contributed by atoms with Crippen LogP contribution in [-0.4, -0.2) is 20.1 Å². The van der Waals surface area contributed by atoms with Crippen molar-refractivity contribution in [3.8, 4) is 28.7 Å². The lowest BCUT2D eigenvalue weighted by Crippen LogP contribution is -2.28. The van der Waals surface area contributed by atoms with Crippen molar-refractivity contribution in [1.29, 1.82) is 5.26 Å². The molecule has 0 aliphatic carbocycles. The third kappa shape index (κ3) is 2.62. The van der Waals surface area contributed by atoms with Gasteiger partial charge in [0, 0.05) is 23.2 Å². The molecule has 3 N–H and O–H groups in total. The predicted octanol–water partition coefficient (Wildman–Crippen LogP) is 2.62. The van der Waals surface area contributed by atoms with Gasteiger partial charge in [0.1, 0.15) is 23.2 Å². The van der Waals surface area contributed by atoms with Crippen LogP contribution >= 0.6 is 11.6 Å². The van der Waals surface area contributed by atoms with Crippen molar-refractivity contribution in [3.05, 3.63) is 53.4 Å². The molecule has 0 fully saturated rings. The molecular weight excluding hydrogens is 350 g/mol. The van der Waals surface area contributed by atoms with Gasteiger partial charge in [-0.15, -0.1) is 4.68 Å². The molecule has 3 heterocycles. The molecule has 0 atom stereocenters. The van der Waals surface area contributed by atoms with Gasteiger partial charge in [-0.2, -0.15) is 10.4 Å². The van der Waals surface area contributed by atoms with Crippen LogP contribution < -0.4 is 10.4 Å². The van der Waals surface area contributed by atoms with Crippen LogP contribution in [0.2, 0.25) is 5.02 Å². The number of pyridine rings is 1. The van der Waals surface area contributed by atoms with Crippen molar-refractivity contribution in [2.24, 2.45) is 7.05 Å². The Balaban J connectivity index is 2.03. The number of H-pyrrole nitrogens is 1. The minimum absolute atomic E-state index is 0.0714. The molecule has 0 amide bonds. The van der Waals surface area contributed by atoms with Crippen LogP contribution in [0.15, 0.2) is 42.7 Å². The summed E-state index contributed by atoms with van der Waals surface area (Å²) in [7, 11) is 1.86. The molecule has 0 radical (unpaired) electrons. The summed E-state index contributed by atoms with van der Waals surface area (Å²) >= 11 is 6.41. The fourth-order valence-electron chi connectivity index (χ4n) is 2.79. The van der Waals surface area contributed by atoms with Crippen LogP contribution in [0.4, 0.5) is 5.82 Å². The van der Waals surface area contributed by atoms with Crippen LogP contribution in [0.25, 0.3) is 33.5 Å². The number of hydrogen-bond acceptors (Lipinski definition) is 5. The van der Waals surface area contributed by atoms with E-state index in [-0.39, 0.29) is 11.5 Å². The number of rotatable bonds is 2. The third-order valence-corrected chi connectivity index (χ3v) is 4.27. The van der Waals surface area contributed by atoms with E-state index in [0.29, 0.717) is 21.9 Å². The number of anilines is 1. The van der Waals surface area contributed by atoms with Crippen LogP contribution in [0.5, 0.6) is 0 Å². The SMILES string of the molecule is C[n+]1ccc(-c2nc(N)c(C#N)nc2-c2cc(Cl)c3ncccc3c2)[nH]1. The summed E-state index contributed by atoms with van der Waals surface area (Å²) in [6.07, 6.45) is 3.54. The number of aromatic nitrogens is 5. The van der Waals surface area contributed by atoms with E-state index in [1.165, 1.54) is 0 Å². The molecule has 1 aromatic carbocycles. The van der Waals surface area contributed by atoms with Crippen molar-refractivity contribution >= 4 is 28.3 Å². The first-order valence-electron chi connectivity index (χ1n) is 7.74. The summed E-state index contributed by atoms with van der Waals surface area (Å²) in [5, 5.41) is 13.8. The highest BCUT2D eigenvalue weighted by Crippen LogP contribution is 2.33. The molecule has 3 aromatic heterocycles. The number of aryl methyl sites for hydroxylation is 1. The fraction of sp³-hybridized carbons (Fsp3) is 0.0556. The fourth-order valence-corrected chi connectivity index (χ4v) is 3.06. The van der Waals surface area contributed by atoms with Gasteiger partial charge in [0.25, 0.3) is 0 Å². The number of nitriles is 1. The van der Waals surface area contributed by atoms with Crippen LogP contribution in [0.1, 0.15) is 5.69 Å². The van der Waals surface area contributed by atoms with Crippen LogP contribution in [0, 0.1) is 11.3 Å². The number of nitrogens with two attached hydrogens (primary N) is 1. The highest BCUT2D eigenvalue weighted by atomic mass is 35.5. The van der Waals surface area contributed by atoms with E-state index in [2.05, 4.69) is 20.1 Å². The minimum Gasteiger partial charge on any atom is -0.381 e. The number of nitrogen functional groups attached to an aromatic ring is 1. The Morgan fingerprint density at radius 3 is 2.81 bits per heavy atom. The molecule has 0 spiro atoms. The van der Waals surface area contributed by atoms with Gasteiger partial charge < -0.3 is 5.73 Å². The van der Waals surface area contributed by atoms with Crippen molar-refractivity contribution in [3.63, 3.8) is 0 Å². The van der Waals surface area contributed by atoms with Gasteiger partial charge in [0.05, 0.1) is 10.5 Å². The molecule has 8 heteroatoms. The topological polar surface area (TPSA) is 108 Å². The maximum Gasteiger partial charge on any atom is 0.195 e. The van der Waals surface area contributed by atoms with Crippen LogP contribution in [-0.2, 0) is 7.05 Å². The number of nitrogens with zero attached hydrogens (tertiary/aromatic N) is 5. The summed E-state index contributed by atoms with van der Waals surface area (Å²) < 4.78 is 1.78.